The van der Waals surface area contributed by atoms with E-state index < -0.39 is 0 Å². The van der Waals surface area contributed by atoms with E-state index in [4.69, 9.17) is 4.74 Å². The SMILES string of the molecule is CC1C(OC(=O)C2CC(=O)N(Cc3ccccn3)C2)CC2CC1C2(C)C. The number of aromatic nitrogens is 1. The number of nitrogens with zero attached hydrogens (tertiary/aromatic N) is 2. The third-order valence-corrected chi connectivity index (χ3v) is 7.18. The zero-order valence-corrected chi connectivity index (χ0v) is 15.9. The van der Waals surface area contributed by atoms with Gasteiger partial charge in [-0.2, -0.15) is 0 Å². The third-order valence-electron chi connectivity index (χ3n) is 7.18. The van der Waals surface area contributed by atoms with Crippen LogP contribution in [0.15, 0.2) is 24.4 Å². The number of hydrogen-bond acceptors (Lipinski definition) is 4. The molecular formula is C21H28N2O3. The number of carbonyl (C=O) groups excluding carboxylic acids is 2. The topological polar surface area (TPSA) is 59.5 Å². The average molecular weight is 356 g/mol. The van der Waals surface area contributed by atoms with E-state index in [-0.39, 0.29) is 30.3 Å². The monoisotopic (exact) mass is 356 g/mol. The summed E-state index contributed by atoms with van der Waals surface area (Å²) in [5.41, 5.74) is 1.23. The minimum atomic E-state index is -0.343. The first-order valence-corrected chi connectivity index (χ1v) is 9.74. The van der Waals surface area contributed by atoms with Crippen molar-refractivity contribution in [3.63, 3.8) is 0 Å². The van der Waals surface area contributed by atoms with Gasteiger partial charge in [-0.15, -0.1) is 0 Å². The maximum absolute atomic E-state index is 12.7. The van der Waals surface area contributed by atoms with Crippen LogP contribution in [0, 0.1) is 29.1 Å². The van der Waals surface area contributed by atoms with Crippen molar-refractivity contribution >= 4 is 11.9 Å². The van der Waals surface area contributed by atoms with Crippen molar-refractivity contribution < 1.29 is 14.3 Å². The highest BCUT2D eigenvalue weighted by atomic mass is 16.5. The molecule has 4 aliphatic rings. The number of rotatable bonds is 4. The van der Waals surface area contributed by atoms with Crippen LogP contribution >= 0.6 is 0 Å². The standard InChI is InChI=1S/C21H28N2O3/c1-13-17-9-15(21(17,2)3)10-18(13)26-20(25)14-8-19(24)23(11-14)12-16-6-4-5-7-22-16/h4-7,13-15,17-18H,8-12H2,1-3H3. The smallest absolute Gasteiger partial charge is 0.311 e. The fourth-order valence-electron chi connectivity index (χ4n) is 5.27. The predicted octanol–water partition coefficient (Wildman–Crippen LogP) is 3.04. The summed E-state index contributed by atoms with van der Waals surface area (Å²) in [5.74, 6) is 1.18. The normalized spacial score (nSPS) is 35.1. The summed E-state index contributed by atoms with van der Waals surface area (Å²) in [7, 11) is 0. The molecule has 4 fully saturated rings. The van der Waals surface area contributed by atoms with Crippen LogP contribution in [0.2, 0.25) is 0 Å². The van der Waals surface area contributed by atoms with Crippen LogP contribution in [-0.4, -0.2) is 34.4 Å². The number of pyridine rings is 1. The van der Waals surface area contributed by atoms with Gasteiger partial charge in [0.2, 0.25) is 5.91 Å². The molecular weight excluding hydrogens is 328 g/mol. The Morgan fingerprint density at radius 2 is 2.15 bits per heavy atom. The van der Waals surface area contributed by atoms with Crippen molar-refractivity contribution in [2.45, 2.75) is 52.7 Å². The second-order valence-corrected chi connectivity index (χ2v) is 8.93. The second kappa shape index (κ2) is 6.36. The van der Waals surface area contributed by atoms with E-state index in [0.717, 1.165) is 12.1 Å². The van der Waals surface area contributed by atoms with Gasteiger partial charge in [-0.1, -0.05) is 26.8 Å². The molecule has 2 bridgehead atoms. The lowest BCUT2D eigenvalue weighted by molar-refractivity contribution is -0.189. The van der Waals surface area contributed by atoms with E-state index in [1.165, 1.54) is 6.42 Å². The van der Waals surface area contributed by atoms with Gasteiger partial charge < -0.3 is 9.64 Å². The summed E-state index contributed by atoms with van der Waals surface area (Å²) >= 11 is 0. The molecule has 5 nitrogen and oxygen atoms in total. The molecule has 0 N–H and O–H groups in total. The van der Waals surface area contributed by atoms with Crippen molar-refractivity contribution in [2.75, 3.05) is 6.54 Å². The van der Waals surface area contributed by atoms with Crippen molar-refractivity contribution in [3.05, 3.63) is 30.1 Å². The number of carbonyl (C=O) groups is 2. The minimum Gasteiger partial charge on any atom is -0.462 e. The van der Waals surface area contributed by atoms with Crippen LogP contribution in [0.5, 0.6) is 0 Å². The molecule has 5 atom stereocenters. The number of likely N-dealkylation sites (tertiary alicyclic amines) is 1. The minimum absolute atomic E-state index is 0.0123. The molecule has 1 saturated heterocycles. The van der Waals surface area contributed by atoms with E-state index >= 15 is 0 Å². The van der Waals surface area contributed by atoms with E-state index in [1.54, 1.807) is 11.1 Å². The molecule has 140 valence electrons. The Balaban J connectivity index is 1.34. The van der Waals surface area contributed by atoms with Gasteiger partial charge in [0.05, 0.1) is 18.2 Å². The Kier molecular flexibility index (Phi) is 4.28. The Morgan fingerprint density at radius 3 is 2.81 bits per heavy atom. The van der Waals surface area contributed by atoms with Gasteiger partial charge in [0.25, 0.3) is 0 Å². The van der Waals surface area contributed by atoms with Gasteiger partial charge in [-0.05, 0) is 48.1 Å². The molecule has 1 aliphatic heterocycles. The van der Waals surface area contributed by atoms with Crippen LogP contribution in [0.25, 0.3) is 0 Å². The van der Waals surface area contributed by atoms with Crippen molar-refractivity contribution in [1.29, 1.82) is 0 Å². The molecule has 5 unspecified atom stereocenters. The van der Waals surface area contributed by atoms with E-state index in [2.05, 4.69) is 25.8 Å². The summed E-state index contributed by atoms with van der Waals surface area (Å²) in [6.07, 6.45) is 4.22. The first-order chi connectivity index (χ1) is 12.4. The average Bonchev–Trinajstić information content (AvgIpc) is 2.98. The Hall–Kier alpha value is -1.91. The van der Waals surface area contributed by atoms with E-state index in [9.17, 15) is 9.59 Å². The zero-order chi connectivity index (χ0) is 18.5. The zero-order valence-electron chi connectivity index (χ0n) is 15.9. The lowest BCUT2D eigenvalue weighted by atomic mass is 9.45. The molecule has 1 aromatic heterocycles. The van der Waals surface area contributed by atoms with Gasteiger partial charge in [0.1, 0.15) is 6.10 Å². The molecule has 3 aliphatic carbocycles. The third kappa shape index (κ3) is 2.91. The van der Waals surface area contributed by atoms with Gasteiger partial charge in [-0.3, -0.25) is 14.6 Å². The van der Waals surface area contributed by atoms with Crippen molar-refractivity contribution in [3.8, 4) is 0 Å². The van der Waals surface area contributed by atoms with Crippen LogP contribution in [0.1, 0.15) is 45.7 Å². The molecule has 1 aromatic rings. The molecule has 0 radical (unpaired) electrons. The first-order valence-electron chi connectivity index (χ1n) is 9.74. The second-order valence-electron chi connectivity index (χ2n) is 8.93. The Labute approximate surface area is 155 Å². The number of fused-ring (bicyclic) bond motifs is 2. The molecule has 3 saturated carbocycles. The van der Waals surface area contributed by atoms with Crippen LogP contribution < -0.4 is 0 Å². The van der Waals surface area contributed by atoms with Gasteiger partial charge >= 0.3 is 5.97 Å². The number of esters is 1. The molecule has 2 heterocycles. The summed E-state index contributed by atoms with van der Waals surface area (Å²) in [4.78, 5) is 30.9. The molecule has 1 amide bonds. The van der Waals surface area contributed by atoms with E-state index in [1.807, 2.05) is 18.2 Å². The fraction of sp³-hybridized carbons (Fsp3) is 0.667. The highest BCUT2D eigenvalue weighted by Gasteiger charge is 2.57. The summed E-state index contributed by atoms with van der Waals surface area (Å²) in [6, 6.07) is 5.66. The maximum Gasteiger partial charge on any atom is 0.311 e. The van der Waals surface area contributed by atoms with Gasteiger partial charge in [0.15, 0.2) is 0 Å². The Bertz CT molecular complexity index is 702. The van der Waals surface area contributed by atoms with Crippen LogP contribution in [-0.2, 0) is 20.9 Å². The van der Waals surface area contributed by atoms with E-state index in [0.29, 0.717) is 36.3 Å². The molecule has 26 heavy (non-hydrogen) atoms. The highest BCUT2D eigenvalue weighted by molar-refractivity contribution is 5.86. The first kappa shape index (κ1) is 17.5. The summed E-state index contributed by atoms with van der Waals surface area (Å²) in [5, 5.41) is 0. The fourth-order valence-corrected chi connectivity index (χ4v) is 5.27. The van der Waals surface area contributed by atoms with Crippen LogP contribution in [0.3, 0.4) is 0 Å². The summed E-state index contributed by atoms with van der Waals surface area (Å²) in [6.45, 7) is 7.79. The summed E-state index contributed by atoms with van der Waals surface area (Å²) < 4.78 is 5.90. The molecule has 0 aromatic carbocycles. The highest BCUT2D eigenvalue weighted by Crippen LogP contribution is 2.61. The molecule has 0 spiro atoms. The molecule has 5 heteroatoms. The van der Waals surface area contributed by atoms with Crippen molar-refractivity contribution in [2.24, 2.45) is 29.1 Å². The Morgan fingerprint density at radius 1 is 1.35 bits per heavy atom. The quantitative estimate of drug-likeness (QED) is 0.778. The maximum atomic E-state index is 12.7. The van der Waals surface area contributed by atoms with Crippen LogP contribution in [0.4, 0.5) is 0 Å². The largest absolute Gasteiger partial charge is 0.462 e. The number of amides is 1. The lowest BCUT2D eigenvalue weighted by Crippen LogP contribution is -2.57. The number of ether oxygens (including phenoxy) is 1. The van der Waals surface area contributed by atoms with Gasteiger partial charge in [0, 0.05) is 19.2 Å². The lowest BCUT2D eigenvalue weighted by Gasteiger charge is -2.61. The molecule has 5 rings (SSSR count). The predicted molar refractivity (Wildman–Crippen MR) is 96.8 cm³/mol. The number of hydrogen-bond donors (Lipinski definition) is 0. The van der Waals surface area contributed by atoms with Gasteiger partial charge in [-0.25, -0.2) is 0 Å². The van der Waals surface area contributed by atoms with Crippen molar-refractivity contribution in [1.82, 2.24) is 9.88 Å².